The lowest BCUT2D eigenvalue weighted by atomic mass is 10.1. The minimum atomic E-state index is -0.679. The van der Waals surface area contributed by atoms with Crippen LogP contribution < -0.4 is 0 Å². The van der Waals surface area contributed by atoms with E-state index < -0.39 is 6.10 Å². The second-order valence-corrected chi connectivity index (χ2v) is 4.03. The van der Waals surface area contributed by atoms with E-state index in [-0.39, 0.29) is 0 Å². The van der Waals surface area contributed by atoms with Crippen LogP contribution in [0.2, 0.25) is 0 Å². The molecule has 4 heteroatoms. The molecule has 0 saturated heterocycles. The standard InChI is InChI=1S/C12H18N2O2/c1-3-14-10(8-9(2)13-14)12(15)11-6-4-5-7-16-11/h6,8,12,15H,3-5,7H2,1-2H3. The molecule has 1 unspecified atom stereocenters. The van der Waals surface area contributed by atoms with Crippen molar-refractivity contribution in [3.8, 4) is 0 Å². The summed E-state index contributed by atoms with van der Waals surface area (Å²) in [5.74, 6) is 0.667. The summed E-state index contributed by atoms with van der Waals surface area (Å²) in [5, 5.41) is 14.5. The van der Waals surface area contributed by atoms with E-state index in [4.69, 9.17) is 4.74 Å². The second kappa shape index (κ2) is 4.70. The zero-order valence-corrected chi connectivity index (χ0v) is 9.81. The molecule has 2 rings (SSSR count). The van der Waals surface area contributed by atoms with E-state index in [2.05, 4.69) is 5.10 Å². The zero-order chi connectivity index (χ0) is 11.5. The summed E-state index contributed by atoms with van der Waals surface area (Å²) in [6, 6.07) is 1.91. The second-order valence-electron chi connectivity index (χ2n) is 4.03. The predicted molar refractivity (Wildman–Crippen MR) is 60.9 cm³/mol. The SMILES string of the molecule is CCn1nc(C)cc1C(O)C1=CCCCO1. The molecule has 0 spiro atoms. The Balaban J connectivity index is 2.25. The van der Waals surface area contributed by atoms with Crippen LogP contribution in [-0.2, 0) is 11.3 Å². The Kier molecular flexibility index (Phi) is 3.29. The summed E-state index contributed by atoms with van der Waals surface area (Å²) in [6.45, 7) is 5.40. The highest BCUT2D eigenvalue weighted by Crippen LogP contribution is 2.26. The van der Waals surface area contributed by atoms with Gasteiger partial charge in [-0.15, -0.1) is 0 Å². The molecule has 1 N–H and O–H groups in total. The van der Waals surface area contributed by atoms with Gasteiger partial charge in [-0.3, -0.25) is 4.68 Å². The van der Waals surface area contributed by atoms with E-state index >= 15 is 0 Å². The molecule has 2 heterocycles. The number of aliphatic hydroxyl groups excluding tert-OH is 1. The molecule has 1 aliphatic heterocycles. The summed E-state index contributed by atoms with van der Waals surface area (Å²) in [7, 11) is 0. The number of aliphatic hydroxyl groups is 1. The third kappa shape index (κ3) is 2.11. The lowest BCUT2D eigenvalue weighted by Gasteiger charge is -2.20. The van der Waals surface area contributed by atoms with Crippen molar-refractivity contribution in [3.63, 3.8) is 0 Å². The molecule has 0 radical (unpaired) electrons. The van der Waals surface area contributed by atoms with Crippen LogP contribution in [0, 0.1) is 6.92 Å². The van der Waals surface area contributed by atoms with Crippen molar-refractivity contribution in [2.24, 2.45) is 0 Å². The van der Waals surface area contributed by atoms with Gasteiger partial charge in [0.25, 0.3) is 0 Å². The first-order valence-electron chi connectivity index (χ1n) is 5.77. The average Bonchev–Trinajstić information content (AvgIpc) is 2.70. The van der Waals surface area contributed by atoms with Gasteiger partial charge < -0.3 is 9.84 Å². The molecule has 88 valence electrons. The van der Waals surface area contributed by atoms with Gasteiger partial charge in [-0.25, -0.2) is 0 Å². The van der Waals surface area contributed by atoms with Crippen LogP contribution in [-0.4, -0.2) is 21.5 Å². The Morgan fingerprint density at radius 3 is 3.06 bits per heavy atom. The number of aromatic nitrogens is 2. The number of hydrogen-bond acceptors (Lipinski definition) is 3. The fraction of sp³-hybridized carbons (Fsp3) is 0.583. The maximum absolute atomic E-state index is 10.2. The number of ether oxygens (including phenoxy) is 1. The van der Waals surface area contributed by atoms with Gasteiger partial charge >= 0.3 is 0 Å². The Morgan fingerprint density at radius 2 is 2.44 bits per heavy atom. The molecule has 0 aromatic carbocycles. The number of hydrogen-bond donors (Lipinski definition) is 1. The first-order chi connectivity index (χ1) is 7.72. The van der Waals surface area contributed by atoms with Crippen LogP contribution in [0.3, 0.4) is 0 Å². The monoisotopic (exact) mass is 222 g/mol. The molecule has 0 saturated carbocycles. The lowest BCUT2D eigenvalue weighted by Crippen LogP contribution is -2.14. The highest BCUT2D eigenvalue weighted by Gasteiger charge is 2.21. The van der Waals surface area contributed by atoms with Gasteiger partial charge in [0.05, 0.1) is 18.0 Å². The minimum absolute atomic E-state index is 0.667. The van der Waals surface area contributed by atoms with Crippen LogP contribution in [0.5, 0.6) is 0 Å². The average molecular weight is 222 g/mol. The molecule has 4 nitrogen and oxygen atoms in total. The van der Waals surface area contributed by atoms with Gasteiger partial charge in [0.1, 0.15) is 5.76 Å². The predicted octanol–water partition coefficient (Wildman–Crippen LogP) is 1.94. The van der Waals surface area contributed by atoms with E-state index in [1.807, 2.05) is 30.7 Å². The number of allylic oxidation sites excluding steroid dienone is 1. The van der Waals surface area contributed by atoms with Crippen molar-refractivity contribution in [1.82, 2.24) is 9.78 Å². The van der Waals surface area contributed by atoms with Crippen LogP contribution in [0.25, 0.3) is 0 Å². The van der Waals surface area contributed by atoms with Crippen molar-refractivity contribution >= 4 is 0 Å². The number of rotatable bonds is 3. The first kappa shape index (κ1) is 11.2. The highest BCUT2D eigenvalue weighted by molar-refractivity contribution is 5.19. The minimum Gasteiger partial charge on any atom is -0.495 e. The Hall–Kier alpha value is -1.29. The molecule has 1 aromatic heterocycles. The third-order valence-corrected chi connectivity index (χ3v) is 2.75. The molecule has 0 aliphatic carbocycles. The molecule has 0 fully saturated rings. The maximum atomic E-state index is 10.2. The molecule has 0 amide bonds. The maximum Gasteiger partial charge on any atom is 0.152 e. The van der Waals surface area contributed by atoms with Gasteiger partial charge in [-0.1, -0.05) is 0 Å². The fourth-order valence-electron chi connectivity index (χ4n) is 1.95. The molecule has 16 heavy (non-hydrogen) atoms. The summed E-state index contributed by atoms with van der Waals surface area (Å²) >= 11 is 0. The topological polar surface area (TPSA) is 47.3 Å². The van der Waals surface area contributed by atoms with Crippen molar-refractivity contribution in [3.05, 3.63) is 29.3 Å². The van der Waals surface area contributed by atoms with Crippen LogP contribution in [0.1, 0.15) is 37.3 Å². The molecular formula is C12H18N2O2. The largest absolute Gasteiger partial charge is 0.495 e. The molecule has 1 atom stereocenters. The van der Waals surface area contributed by atoms with Crippen molar-refractivity contribution < 1.29 is 9.84 Å². The fourth-order valence-corrected chi connectivity index (χ4v) is 1.95. The number of nitrogens with zero attached hydrogens (tertiary/aromatic N) is 2. The summed E-state index contributed by atoms with van der Waals surface area (Å²) in [4.78, 5) is 0. The molecule has 0 bridgehead atoms. The van der Waals surface area contributed by atoms with Crippen LogP contribution in [0.4, 0.5) is 0 Å². The van der Waals surface area contributed by atoms with Gasteiger partial charge in [0, 0.05) is 6.54 Å². The Bertz CT molecular complexity index is 396. The summed E-state index contributed by atoms with van der Waals surface area (Å²) < 4.78 is 7.29. The molecular weight excluding hydrogens is 204 g/mol. The van der Waals surface area contributed by atoms with Crippen LogP contribution in [0.15, 0.2) is 17.9 Å². The van der Waals surface area contributed by atoms with Gasteiger partial charge in [-0.2, -0.15) is 5.10 Å². The Morgan fingerprint density at radius 1 is 1.62 bits per heavy atom. The zero-order valence-electron chi connectivity index (χ0n) is 9.81. The van der Waals surface area contributed by atoms with E-state index in [9.17, 15) is 5.11 Å². The normalized spacial score (nSPS) is 17.8. The quantitative estimate of drug-likeness (QED) is 0.850. The van der Waals surface area contributed by atoms with E-state index in [0.717, 1.165) is 30.8 Å². The lowest BCUT2D eigenvalue weighted by molar-refractivity contribution is 0.0866. The number of aryl methyl sites for hydroxylation is 2. The Labute approximate surface area is 95.5 Å². The van der Waals surface area contributed by atoms with Crippen molar-refractivity contribution in [1.29, 1.82) is 0 Å². The first-order valence-corrected chi connectivity index (χ1v) is 5.77. The third-order valence-electron chi connectivity index (χ3n) is 2.75. The van der Waals surface area contributed by atoms with Gasteiger partial charge in [0.15, 0.2) is 6.10 Å². The van der Waals surface area contributed by atoms with Crippen molar-refractivity contribution in [2.45, 2.75) is 39.3 Å². The van der Waals surface area contributed by atoms with Gasteiger partial charge in [0.2, 0.25) is 0 Å². The van der Waals surface area contributed by atoms with Crippen LogP contribution >= 0.6 is 0 Å². The smallest absolute Gasteiger partial charge is 0.152 e. The summed E-state index contributed by atoms with van der Waals surface area (Å²) in [6.07, 6.45) is 3.30. The summed E-state index contributed by atoms with van der Waals surface area (Å²) in [5.41, 5.74) is 1.74. The van der Waals surface area contributed by atoms with E-state index in [1.165, 1.54) is 0 Å². The van der Waals surface area contributed by atoms with Gasteiger partial charge in [-0.05, 0) is 38.8 Å². The molecule has 1 aliphatic rings. The highest BCUT2D eigenvalue weighted by atomic mass is 16.5. The molecule has 1 aromatic rings. The van der Waals surface area contributed by atoms with Crippen molar-refractivity contribution in [2.75, 3.05) is 6.61 Å². The van der Waals surface area contributed by atoms with E-state index in [0.29, 0.717) is 12.4 Å². The van der Waals surface area contributed by atoms with E-state index in [1.54, 1.807) is 0 Å².